The summed E-state index contributed by atoms with van der Waals surface area (Å²) in [7, 11) is -2.04. The molecule has 0 unspecified atom stereocenters. The molecule has 13 heavy (non-hydrogen) atoms. The van der Waals surface area contributed by atoms with E-state index in [-0.39, 0.29) is 11.3 Å². The molecule has 0 saturated heterocycles. The van der Waals surface area contributed by atoms with Crippen LogP contribution in [0.5, 0.6) is 5.75 Å². The van der Waals surface area contributed by atoms with Gasteiger partial charge in [0, 0.05) is 6.07 Å². The molecule has 0 aromatic heterocycles. The Bertz CT molecular complexity index is 317. The molecular formula is C7H7BF2O3. The SMILES string of the molecule is Cc1cc(F)c(F)cc1OB(O)O. The maximum atomic E-state index is 12.6. The van der Waals surface area contributed by atoms with Crippen LogP contribution in [0.4, 0.5) is 8.78 Å². The fourth-order valence-corrected chi connectivity index (χ4v) is 0.869. The topological polar surface area (TPSA) is 49.7 Å². The van der Waals surface area contributed by atoms with Gasteiger partial charge in [-0.05, 0) is 18.6 Å². The Morgan fingerprint density at radius 2 is 1.77 bits per heavy atom. The van der Waals surface area contributed by atoms with E-state index < -0.39 is 19.0 Å². The molecule has 70 valence electrons. The van der Waals surface area contributed by atoms with Crippen molar-refractivity contribution in [1.29, 1.82) is 0 Å². The first kappa shape index (κ1) is 9.95. The monoisotopic (exact) mass is 188 g/mol. The highest BCUT2D eigenvalue weighted by Crippen LogP contribution is 2.21. The summed E-state index contributed by atoms with van der Waals surface area (Å²) in [6.45, 7) is 1.46. The minimum atomic E-state index is -2.04. The average Bonchev–Trinajstić information content (AvgIpc) is 1.99. The van der Waals surface area contributed by atoms with Crippen molar-refractivity contribution in [2.75, 3.05) is 0 Å². The molecule has 0 bridgehead atoms. The highest BCUT2D eigenvalue weighted by atomic mass is 19.2. The molecule has 3 nitrogen and oxygen atoms in total. The fraction of sp³-hybridized carbons (Fsp3) is 0.143. The van der Waals surface area contributed by atoms with Crippen molar-refractivity contribution in [2.45, 2.75) is 6.92 Å². The Labute approximate surface area is 73.8 Å². The molecule has 0 aliphatic carbocycles. The Morgan fingerprint density at radius 1 is 1.23 bits per heavy atom. The van der Waals surface area contributed by atoms with E-state index in [0.29, 0.717) is 0 Å². The van der Waals surface area contributed by atoms with E-state index in [9.17, 15) is 8.78 Å². The Kier molecular flexibility index (Phi) is 2.85. The minimum Gasteiger partial charge on any atom is -0.512 e. The van der Waals surface area contributed by atoms with Crippen LogP contribution >= 0.6 is 0 Å². The third-order valence-electron chi connectivity index (χ3n) is 1.45. The van der Waals surface area contributed by atoms with Crippen LogP contribution in [0.3, 0.4) is 0 Å². The molecule has 0 amide bonds. The predicted octanol–water partition coefficient (Wildman–Crippen LogP) is 0.622. The Hall–Kier alpha value is -1.14. The molecule has 1 rings (SSSR count). The molecule has 0 heterocycles. The van der Waals surface area contributed by atoms with Crippen LogP contribution in [0.1, 0.15) is 5.56 Å². The van der Waals surface area contributed by atoms with E-state index in [2.05, 4.69) is 4.65 Å². The van der Waals surface area contributed by atoms with Gasteiger partial charge >= 0.3 is 7.32 Å². The van der Waals surface area contributed by atoms with Gasteiger partial charge in [0.05, 0.1) is 0 Å². The third-order valence-corrected chi connectivity index (χ3v) is 1.45. The molecule has 2 N–H and O–H groups in total. The van der Waals surface area contributed by atoms with Crippen LogP contribution in [-0.4, -0.2) is 17.4 Å². The summed E-state index contributed by atoms with van der Waals surface area (Å²) >= 11 is 0. The van der Waals surface area contributed by atoms with E-state index in [4.69, 9.17) is 10.0 Å². The second-order valence-electron chi connectivity index (χ2n) is 2.48. The van der Waals surface area contributed by atoms with Gasteiger partial charge in [-0.3, -0.25) is 0 Å². The lowest BCUT2D eigenvalue weighted by Crippen LogP contribution is -2.21. The van der Waals surface area contributed by atoms with Crippen molar-refractivity contribution in [3.8, 4) is 5.75 Å². The van der Waals surface area contributed by atoms with E-state index >= 15 is 0 Å². The van der Waals surface area contributed by atoms with Crippen LogP contribution in [-0.2, 0) is 0 Å². The number of aryl methyl sites for hydroxylation is 1. The van der Waals surface area contributed by atoms with E-state index in [1.807, 2.05) is 0 Å². The number of hydrogen-bond acceptors (Lipinski definition) is 3. The first-order chi connectivity index (χ1) is 6.00. The van der Waals surface area contributed by atoms with Crippen molar-refractivity contribution >= 4 is 7.32 Å². The average molecular weight is 188 g/mol. The summed E-state index contributed by atoms with van der Waals surface area (Å²) in [5, 5.41) is 16.8. The lowest BCUT2D eigenvalue weighted by Gasteiger charge is -2.07. The lowest BCUT2D eigenvalue weighted by molar-refractivity contribution is 0.286. The zero-order chi connectivity index (χ0) is 10.0. The summed E-state index contributed by atoms with van der Waals surface area (Å²) in [4.78, 5) is 0. The van der Waals surface area contributed by atoms with Gasteiger partial charge in [-0.25, -0.2) is 8.78 Å². The molecule has 6 heteroatoms. The minimum absolute atomic E-state index is 0.103. The van der Waals surface area contributed by atoms with E-state index in [0.717, 1.165) is 12.1 Å². The number of benzene rings is 1. The number of rotatable bonds is 2. The second kappa shape index (κ2) is 3.72. The van der Waals surface area contributed by atoms with Gasteiger partial charge in [0.25, 0.3) is 0 Å². The normalized spacial score (nSPS) is 9.92. The summed E-state index contributed by atoms with van der Waals surface area (Å²) in [6.07, 6.45) is 0. The number of halogens is 2. The third kappa shape index (κ3) is 2.40. The molecule has 0 radical (unpaired) electrons. The van der Waals surface area contributed by atoms with Crippen molar-refractivity contribution in [3.63, 3.8) is 0 Å². The van der Waals surface area contributed by atoms with Crippen molar-refractivity contribution in [2.24, 2.45) is 0 Å². The maximum Gasteiger partial charge on any atom is 0.707 e. The van der Waals surface area contributed by atoms with Crippen LogP contribution in [0, 0.1) is 18.6 Å². The maximum absolute atomic E-state index is 12.6. The summed E-state index contributed by atoms with van der Waals surface area (Å²) in [5.74, 6) is -2.20. The van der Waals surface area contributed by atoms with Gasteiger partial charge in [-0.1, -0.05) is 0 Å². The van der Waals surface area contributed by atoms with Crippen molar-refractivity contribution in [3.05, 3.63) is 29.3 Å². The molecule has 0 aliphatic rings. The lowest BCUT2D eigenvalue weighted by atomic mass is 10.2. The van der Waals surface area contributed by atoms with Gasteiger partial charge in [0.15, 0.2) is 11.6 Å². The first-order valence-electron chi connectivity index (χ1n) is 3.49. The first-order valence-corrected chi connectivity index (χ1v) is 3.49. The largest absolute Gasteiger partial charge is 0.707 e. The highest BCUT2D eigenvalue weighted by Gasteiger charge is 2.15. The summed E-state index contributed by atoms with van der Waals surface area (Å²) in [5.41, 5.74) is 0.284. The summed E-state index contributed by atoms with van der Waals surface area (Å²) < 4.78 is 29.5. The van der Waals surface area contributed by atoms with Gasteiger partial charge in [0.1, 0.15) is 5.75 Å². The predicted molar refractivity (Wildman–Crippen MR) is 41.9 cm³/mol. The van der Waals surface area contributed by atoms with Crippen LogP contribution in [0.15, 0.2) is 12.1 Å². The number of hydrogen-bond donors (Lipinski definition) is 2. The molecule has 1 aromatic carbocycles. The molecule has 0 spiro atoms. The molecule has 1 aromatic rings. The quantitative estimate of drug-likeness (QED) is 0.668. The highest BCUT2D eigenvalue weighted by molar-refractivity contribution is 6.33. The Morgan fingerprint density at radius 3 is 2.31 bits per heavy atom. The molecular weight excluding hydrogens is 181 g/mol. The van der Waals surface area contributed by atoms with Gasteiger partial charge in [-0.15, -0.1) is 0 Å². The zero-order valence-electron chi connectivity index (χ0n) is 6.79. The zero-order valence-corrected chi connectivity index (χ0v) is 6.79. The van der Waals surface area contributed by atoms with E-state index in [1.165, 1.54) is 6.92 Å². The molecule has 0 aliphatic heterocycles. The van der Waals surface area contributed by atoms with Crippen LogP contribution < -0.4 is 4.65 Å². The van der Waals surface area contributed by atoms with Crippen LogP contribution in [0.2, 0.25) is 0 Å². The summed E-state index contributed by atoms with van der Waals surface area (Å²) in [6, 6.07) is 1.66. The standard InChI is InChI=1S/C7H7BF2O3/c1-4-2-5(9)6(10)3-7(4)13-8(11)12/h2-3,11-12H,1H3. The Balaban J connectivity index is 3.01. The van der Waals surface area contributed by atoms with Crippen molar-refractivity contribution in [1.82, 2.24) is 0 Å². The molecule has 0 saturated carbocycles. The van der Waals surface area contributed by atoms with Crippen LogP contribution in [0.25, 0.3) is 0 Å². The molecule has 0 atom stereocenters. The fourth-order valence-electron chi connectivity index (χ4n) is 0.869. The van der Waals surface area contributed by atoms with Gasteiger partial charge < -0.3 is 14.7 Å². The van der Waals surface area contributed by atoms with Crippen molar-refractivity contribution < 1.29 is 23.5 Å². The molecule has 0 fully saturated rings. The van der Waals surface area contributed by atoms with E-state index in [1.54, 1.807) is 0 Å². The van der Waals surface area contributed by atoms with Gasteiger partial charge in [0.2, 0.25) is 0 Å². The smallest absolute Gasteiger partial charge is 0.512 e. The van der Waals surface area contributed by atoms with Gasteiger partial charge in [-0.2, -0.15) is 0 Å². The second-order valence-corrected chi connectivity index (χ2v) is 2.48.